The Labute approximate surface area is 77.8 Å². The van der Waals surface area contributed by atoms with Gasteiger partial charge in [0.25, 0.3) is 0 Å². The molecule has 0 saturated heterocycles. The lowest BCUT2D eigenvalue weighted by atomic mass is 10.2. The molecule has 0 aromatic carbocycles. The molecule has 0 amide bonds. The largest absolute Gasteiger partial charge is 0.396 e. The SMILES string of the molecule is CCn1nc(C)cc1[C@H](O)CCO. The third kappa shape index (κ3) is 2.29. The van der Waals surface area contributed by atoms with Gasteiger partial charge in [0, 0.05) is 19.6 Å². The predicted octanol–water partition coefficient (Wildman–Crippen LogP) is 0.627. The summed E-state index contributed by atoms with van der Waals surface area (Å²) in [6, 6.07) is 1.85. The quantitative estimate of drug-likeness (QED) is 0.721. The van der Waals surface area contributed by atoms with E-state index in [-0.39, 0.29) is 6.61 Å². The summed E-state index contributed by atoms with van der Waals surface area (Å²) in [7, 11) is 0. The molecule has 0 spiro atoms. The van der Waals surface area contributed by atoms with Crippen LogP contribution in [0, 0.1) is 6.92 Å². The van der Waals surface area contributed by atoms with Gasteiger partial charge in [-0.1, -0.05) is 0 Å². The highest BCUT2D eigenvalue weighted by molar-refractivity contribution is 5.11. The molecule has 74 valence electrons. The fourth-order valence-electron chi connectivity index (χ4n) is 1.36. The number of aliphatic hydroxyl groups excluding tert-OH is 2. The third-order valence-electron chi connectivity index (χ3n) is 1.98. The average molecular weight is 184 g/mol. The summed E-state index contributed by atoms with van der Waals surface area (Å²) in [6.07, 6.45) is -0.239. The minimum Gasteiger partial charge on any atom is -0.396 e. The molecule has 0 aliphatic rings. The zero-order valence-electron chi connectivity index (χ0n) is 8.06. The lowest BCUT2D eigenvalue weighted by Gasteiger charge is -2.10. The Bertz CT molecular complexity index is 271. The zero-order chi connectivity index (χ0) is 9.84. The van der Waals surface area contributed by atoms with Crippen molar-refractivity contribution in [2.75, 3.05) is 6.61 Å². The second kappa shape index (κ2) is 4.39. The van der Waals surface area contributed by atoms with E-state index in [2.05, 4.69) is 5.10 Å². The normalized spacial score (nSPS) is 13.2. The Kier molecular flexibility index (Phi) is 3.45. The molecule has 13 heavy (non-hydrogen) atoms. The molecule has 0 saturated carbocycles. The van der Waals surface area contributed by atoms with E-state index in [4.69, 9.17) is 5.11 Å². The van der Waals surface area contributed by atoms with Crippen LogP contribution < -0.4 is 0 Å². The van der Waals surface area contributed by atoms with Crippen LogP contribution in [-0.4, -0.2) is 26.6 Å². The van der Waals surface area contributed by atoms with Crippen LogP contribution in [0.5, 0.6) is 0 Å². The van der Waals surface area contributed by atoms with E-state index in [1.54, 1.807) is 4.68 Å². The van der Waals surface area contributed by atoms with E-state index in [0.29, 0.717) is 6.42 Å². The molecular formula is C9H16N2O2. The monoisotopic (exact) mass is 184 g/mol. The number of aromatic nitrogens is 2. The Balaban J connectivity index is 2.84. The van der Waals surface area contributed by atoms with Crippen molar-refractivity contribution >= 4 is 0 Å². The van der Waals surface area contributed by atoms with Gasteiger partial charge in [0.15, 0.2) is 0 Å². The second-order valence-corrected chi connectivity index (χ2v) is 3.05. The third-order valence-corrected chi connectivity index (χ3v) is 1.98. The van der Waals surface area contributed by atoms with Crippen LogP contribution in [0.25, 0.3) is 0 Å². The lowest BCUT2D eigenvalue weighted by Crippen LogP contribution is -2.09. The zero-order valence-corrected chi connectivity index (χ0v) is 8.06. The van der Waals surface area contributed by atoms with Crippen molar-refractivity contribution in [3.8, 4) is 0 Å². The van der Waals surface area contributed by atoms with Crippen LogP contribution in [0.1, 0.15) is 30.8 Å². The highest BCUT2D eigenvalue weighted by atomic mass is 16.3. The minimum atomic E-state index is -0.605. The Morgan fingerprint density at radius 2 is 2.31 bits per heavy atom. The van der Waals surface area contributed by atoms with Gasteiger partial charge in [0.2, 0.25) is 0 Å². The van der Waals surface area contributed by atoms with Crippen LogP contribution in [0.3, 0.4) is 0 Å². The van der Waals surface area contributed by atoms with Crippen molar-refractivity contribution in [2.45, 2.75) is 32.9 Å². The predicted molar refractivity (Wildman–Crippen MR) is 49.3 cm³/mol. The van der Waals surface area contributed by atoms with Crippen LogP contribution in [-0.2, 0) is 6.54 Å². The molecule has 2 N–H and O–H groups in total. The molecule has 1 heterocycles. The van der Waals surface area contributed by atoms with Crippen molar-refractivity contribution in [3.63, 3.8) is 0 Å². The van der Waals surface area contributed by atoms with Gasteiger partial charge in [-0.05, 0) is 19.9 Å². The van der Waals surface area contributed by atoms with Gasteiger partial charge in [0.1, 0.15) is 0 Å². The van der Waals surface area contributed by atoms with Crippen LogP contribution in [0.15, 0.2) is 6.07 Å². The van der Waals surface area contributed by atoms with E-state index >= 15 is 0 Å². The Morgan fingerprint density at radius 3 is 2.85 bits per heavy atom. The van der Waals surface area contributed by atoms with E-state index in [9.17, 15) is 5.11 Å². The molecule has 1 rings (SSSR count). The number of nitrogens with zero attached hydrogens (tertiary/aromatic N) is 2. The van der Waals surface area contributed by atoms with Gasteiger partial charge in [-0.2, -0.15) is 5.10 Å². The molecule has 1 atom stereocenters. The molecule has 4 heteroatoms. The maximum Gasteiger partial charge on any atom is 0.0978 e. The summed E-state index contributed by atoms with van der Waals surface area (Å²) >= 11 is 0. The number of aliphatic hydroxyl groups is 2. The molecule has 1 aromatic heterocycles. The minimum absolute atomic E-state index is 0.00485. The molecule has 1 aromatic rings. The highest BCUT2D eigenvalue weighted by Crippen LogP contribution is 2.17. The van der Waals surface area contributed by atoms with E-state index in [0.717, 1.165) is 17.9 Å². The smallest absolute Gasteiger partial charge is 0.0978 e. The molecule has 0 unspecified atom stereocenters. The summed E-state index contributed by atoms with van der Waals surface area (Å²) in [5.41, 5.74) is 1.68. The van der Waals surface area contributed by atoms with Crippen LogP contribution in [0.4, 0.5) is 0 Å². The maximum atomic E-state index is 9.62. The standard InChI is InChI=1S/C9H16N2O2/c1-3-11-8(6-7(2)10-11)9(13)4-5-12/h6,9,12-13H,3-5H2,1-2H3/t9-/m1/s1. The number of aryl methyl sites for hydroxylation is 2. The van der Waals surface area contributed by atoms with Crippen LogP contribution in [0.2, 0.25) is 0 Å². The van der Waals surface area contributed by atoms with Gasteiger partial charge in [-0.25, -0.2) is 0 Å². The molecule has 0 fully saturated rings. The summed E-state index contributed by atoms with van der Waals surface area (Å²) < 4.78 is 1.76. The first-order valence-corrected chi connectivity index (χ1v) is 4.52. The van der Waals surface area contributed by atoms with Gasteiger partial charge in [0.05, 0.1) is 17.5 Å². The molecule has 0 aliphatic heterocycles. The van der Waals surface area contributed by atoms with Crippen molar-refractivity contribution in [1.82, 2.24) is 9.78 Å². The Morgan fingerprint density at radius 1 is 1.62 bits per heavy atom. The topological polar surface area (TPSA) is 58.3 Å². The van der Waals surface area contributed by atoms with Crippen molar-refractivity contribution in [2.24, 2.45) is 0 Å². The summed E-state index contributed by atoms with van der Waals surface area (Å²) in [4.78, 5) is 0. The molecule has 4 nitrogen and oxygen atoms in total. The van der Waals surface area contributed by atoms with Gasteiger partial charge in [-0.3, -0.25) is 4.68 Å². The second-order valence-electron chi connectivity index (χ2n) is 3.05. The van der Waals surface area contributed by atoms with Crippen molar-refractivity contribution < 1.29 is 10.2 Å². The molecule has 0 radical (unpaired) electrons. The number of hydrogen-bond donors (Lipinski definition) is 2. The van der Waals surface area contributed by atoms with E-state index in [1.165, 1.54) is 0 Å². The van der Waals surface area contributed by atoms with Crippen molar-refractivity contribution in [3.05, 3.63) is 17.5 Å². The van der Waals surface area contributed by atoms with Crippen molar-refractivity contribution in [1.29, 1.82) is 0 Å². The summed E-state index contributed by atoms with van der Waals surface area (Å²) in [6.45, 7) is 4.60. The average Bonchev–Trinajstić information content (AvgIpc) is 2.47. The highest BCUT2D eigenvalue weighted by Gasteiger charge is 2.12. The van der Waals surface area contributed by atoms with Gasteiger partial charge >= 0.3 is 0 Å². The first-order valence-electron chi connectivity index (χ1n) is 4.52. The van der Waals surface area contributed by atoms with E-state index < -0.39 is 6.10 Å². The molecular weight excluding hydrogens is 168 g/mol. The Hall–Kier alpha value is -0.870. The van der Waals surface area contributed by atoms with E-state index in [1.807, 2.05) is 19.9 Å². The fourth-order valence-corrected chi connectivity index (χ4v) is 1.36. The summed E-state index contributed by atoms with van der Waals surface area (Å²) in [5.74, 6) is 0. The number of rotatable bonds is 4. The van der Waals surface area contributed by atoms with Gasteiger partial charge in [-0.15, -0.1) is 0 Å². The lowest BCUT2D eigenvalue weighted by molar-refractivity contribution is 0.126. The van der Waals surface area contributed by atoms with Gasteiger partial charge < -0.3 is 10.2 Å². The molecule has 0 bridgehead atoms. The maximum absolute atomic E-state index is 9.62. The summed E-state index contributed by atoms with van der Waals surface area (Å²) in [5, 5.41) is 22.5. The first-order chi connectivity index (χ1) is 6.19. The fraction of sp³-hybridized carbons (Fsp3) is 0.667. The first kappa shape index (κ1) is 10.2. The van der Waals surface area contributed by atoms with Crippen LogP contribution >= 0.6 is 0 Å². The number of hydrogen-bond acceptors (Lipinski definition) is 3. The molecule has 0 aliphatic carbocycles.